The van der Waals surface area contributed by atoms with Gasteiger partial charge in [-0.1, -0.05) is 62.5 Å². The van der Waals surface area contributed by atoms with Gasteiger partial charge >= 0.3 is 0 Å². The minimum absolute atomic E-state index is 0.197. The zero-order chi connectivity index (χ0) is 20.8. The maximum atomic E-state index is 6.82. The molecule has 0 aliphatic carbocycles. The number of nitrogen functional groups attached to an aromatic ring is 2. The number of nitrogens with two attached hydrogens (primary N) is 2. The van der Waals surface area contributed by atoms with Crippen LogP contribution in [0.3, 0.4) is 0 Å². The van der Waals surface area contributed by atoms with Gasteiger partial charge in [-0.25, -0.2) is 0 Å². The van der Waals surface area contributed by atoms with E-state index in [0.29, 0.717) is 27.2 Å². The van der Waals surface area contributed by atoms with E-state index >= 15 is 0 Å². The maximum absolute atomic E-state index is 6.82. The van der Waals surface area contributed by atoms with Crippen molar-refractivity contribution in [1.29, 1.82) is 0 Å². The third-order valence-corrected chi connectivity index (χ3v) is 6.88. The molecule has 2 rings (SSSR count). The van der Waals surface area contributed by atoms with Crippen molar-refractivity contribution in [2.24, 2.45) is 0 Å². The van der Waals surface area contributed by atoms with Gasteiger partial charge in [0.2, 0.25) is 0 Å². The van der Waals surface area contributed by atoms with Crippen LogP contribution in [-0.4, -0.2) is 0 Å². The fourth-order valence-corrected chi connectivity index (χ4v) is 4.99. The fraction of sp³-hybridized carbons (Fsp3) is 0.455. The Morgan fingerprint density at radius 3 is 1.48 bits per heavy atom. The highest BCUT2D eigenvalue weighted by Crippen LogP contribution is 2.44. The Morgan fingerprint density at radius 2 is 1.04 bits per heavy atom. The Kier molecular flexibility index (Phi) is 6.67. The van der Waals surface area contributed by atoms with E-state index in [1.54, 1.807) is 0 Å². The molecular formula is C22H29Cl3N2. The summed E-state index contributed by atoms with van der Waals surface area (Å²) in [7, 11) is 0. The summed E-state index contributed by atoms with van der Waals surface area (Å²) >= 11 is 20.3. The molecule has 0 unspecified atom stereocenters. The lowest BCUT2D eigenvalue weighted by molar-refractivity contribution is 0.860. The molecule has 0 radical (unpaired) electrons. The second-order valence-electron chi connectivity index (χ2n) is 7.91. The molecule has 2 aromatic carbocycles. The lowest BCUT2D eigenvalue weighted by Gasteiger charge is -2.24. The third kappa shape index (κ3) is 3.77. The van der Waals surface area contributed by atoms with Gasteiger partial charge in [-0.3, -0.25) is 0 Å². The van der Waals surface area contributed by atoms with Crippen molar-refractivity contribution in [3.63, 3.8) is 0 Å². The van der Waals surface area contributed by atoms with Crippen molar-refractivity contribution in [3.8, 4) is 0 Å². The molecule has 0 bridgehead atoms. The van der Waals surface area contributed by atoms with Gasteiger partial charge in [-0.2, -0.15) is 0 Å². The van der Waals surface area contributed by atoms with Gasteiger partial charge in [0.15, 0.2) is 0 Å². The van der Waals surface area contributed by atoms with Crippen LogP contribution in [0.15, 0.2) is 0 Å². The van der Waals surface area contributed by atoms with E-state index in [4.69, 9.17) is 46.3 Å². The molecule has 0 heterocycles. The molecule has 0 aromatic heterocycles. The van der Waals surface area contributed by atoms with E-state index in [-0.39, 0.29) is 11.8 Å². The molecule has 2 aromatic rings. The molecule has 0 saturated heterocycles. The Labute approximate surface area is 178 Å². The summed E-state index contributed by atoms with van der Waals surface area (Å²) < 4.78 is 0. The predicted molar refractivity (Wildman–Crippen MR) is 122 cm³/mol. The lowest BCUT2D eigenvalue weighted by atomic mass is 9.87. The summed E-state index contributed by atoms with van der Waals surface area (Å²) in [5.74, 6) is 0.420. The second-order valence-corrected chi connectivity index (χ2v) is 9.05. The van der Waals surface area contributed by atoms with Crippen molar-refractivity contribution in [1.82, 2.24) is 0 Å². The van der Waals surface area contributed by atoms with Crippen molar-refractivity contribution < 1.29 is 0 Å². The molecule has 0 aliphatic heterocycles. The number of halogens is 3. The van der Waals surface area contributed by atoms with Gasteiger partial charge in [0.1, 0.15) is 0 Å². The Hall–Kier alpha value is -1.09. The summed E-state index contributed by atoms with van der Waals surface area (Å²) in [5, 5.41) is 1.95. The Morgan fingerprint density at radius 1 is 0.630 bits per heavy atom. The average Bonchev–Trinajstić information content (AvgIpc) is 2.57. The fourth-order valence-electron chi connectivity index (χ4n) is 3.67. The van der Waals surface area contributed by atoms with Crippen LogP contribution in [-0.2, 0) is 6.42 Å². The number of benzene rings is 2. The van der Waals surface area contributed by atoms with Crippen molar-refractivity contribution >= 4 is 46.2 Å². The summed E-state index contributed by atoms with van der Waals surface area (Å²) in [6, 6.07) is 0. The largest absolute Gasteiger partial charge is 0.398 e. The van der Waals surface area contributed by atoms with Crippen LogP contribution in [0.5, 0.6) is 0 Å². The summed E-state index contributed by atoms with van der Waals surface area (Å²) in [4.78, 5) is 0. The summed E-state index contributed by atoms with van der Waals surface area (Å²) in [5.41, 5.74) is 20.9. The molecule has 0 spiro atoms. The zero-order valence-electron chi connectivity index (χ0n) is 17.2. The molecule has 2 nitrogen and oxygen atoms in total. The van der Waals surface area contributed by atoms with Crippen LogP contribution in [0, 0.1) is 20.8 Å². The van der Waals surface area contributed by atoms with Crippen LogP contribution in [0.25, 0.3) is 0 Å². The number of hydrogen-bond acceptors (Lipinski definition) is 2. The number of anilines is 2. The summed E-state index contributed by atoms with van der Waals surface area (Å²) in [6.45, 7) is 14.4. The van der Waals surface area contributed by atoms with Gasteiger partial charge in [-0.05, 0) is 71.6 Å². The topological polar surface area (TPSA) is 52.0 Å². The van der Waals surface area contributed by atoms with Crippen LogP contribution in [0.4, 0.5) is 11.4 Å². The maximum Gasteiger partial charge on any atom is 0.0511 e. The molecule has 0 atom stereocenters. The molecular weight excluding hydrogens is 399 g/mol. The molecule has 5 heteroatoms. The highest BCUT2D eigenvalue weighted by Gasteiger charge is 2.24. The van der Waals surface area contributed by atoms with Crippen LogP contribution in [0.1, 0.15) is 78.5 Å². The summed E-state index contributed by atoms with van der Waals surface area (Å²) in [6.07, 6.45) is 0.546. The molecule has 0 saturated carbocycles. The average molecular weight is 428 g/mol. The quantitative estimate of drug-likeness (QED) is 0.494. The Bertz CT molecular complexity index is 826. The first kappa shape index (κ1) is 22.2. The van der Waals surface area contributed by atoms with Crippen LogP contribution < -0.4 is 11.5 Å². The lowest BCUT2D eigenvalue weighted by Crippen LogP contribution is -2.09. The van der Waals surface area contributed by atoms with Crippen LogP contribution >= 0.6 is 34.8 Å². The van der Waals surface area contributed by atoms with E-state index < -0.39 is 0 Å². The standard InChI is InChI=1S/C22H29Cl3N2/c1-9(2)16-19(24)14(11(5)12(6)21(16)26)8-15-18(23)13(7)22(27)17(10(3)4)20(15)25/h9-10H,8,26-27H2,1-7H3. The van der Waals surface area contributed by atoms with E-state index in [1.807, 2.05) is 20.8 Å². The molecule has 0 amide bonds. The molecule has 0 aliphatic rings. The van der Waals surface area contributed by atoms with Gasteiger partial charge < -0.3 is 11.5 Å². The minimum atomic E-state index is 0.197. The van der Waals surface area contributed by atoms with Crippen LogP contribution in [0.2, 0.25) is 15.1 Å². The molecule has 0 fully saturated rings. The molecule has 148 valence electrons. The first-order valence-electron chi connectivity index (χ1n) is 9.24. The molecule has 4 N–H and O–H groups in total. The van der Waals surface area contributed by atoms with Gasteiger partial charge in [-0.15, -0.1) is 0 Å². The van der Waals surface area contributed by atoms with Crippen molar-refractivity contribution in [2.75, 3.05) is 11.5 Å². The third-order valence-electron chi connectivity index (χ3n) is 5.51. The van der Waals surface area contributed by atoms with Gasteiger partial charge in [0.25, 0.3) is 0 Å². The van der Waals surface area contributed by atoms with E-state index in [2.05, 4.69) is 27.7 Å². The van der Waals surface area contributed by atoms with Gasteiger partial charge in [0.05, 0.1) is 10.0 Å². The van der Waals surface area contributed by atoms with Crippen molar-refractivity contribution in [2.45, 2.75) is 66.7 Å². The molecule has 27 heavy (non-hydrogen) atoms. The Balaban J connectivity index is 2.79. The predicted octanol–water partition coefficient (Wildman–Crippen LogP) is 7.57. The van der Waals surface area contributed by atoms with Gasteiger partial charge in [0, 0.05) is 22.8 Å². The smallest absolute Gasteiger partial charge is 0.0511 e. The highest BCUT2D eigenvalue weighted by molar-refractivity contribution is 6.38. The van der Waals surface area contributed by atoms with Crippen molar-refractivity contribution in [3.05, 3.63) is 54.0 Å². The highest BCUT2D eigenvalue weighted by atomic mass is 35.5. The normalized spacial score (nSPS) is 11.7. The second kappa shape index (κ2) is 8.11. The van der Waals surface area contributed by atoms with E-state index in [9.17, 15) is 0 Å². The zero-order valence-corrected chi connectivity index (χ0v) is 19.4. The first-order valence-corrected chi connectivity index (χ1v) is 10.4. The number of hydrogen-bond donors (Lipinski definition) is 2. The van der Waals surface area contributed by atoms with E-state index in [0.717, 1.165) is 44.6 Å². The number of rotatable bonds is 4. The first-order chi connectivity index (χ1) is 12.4. The monoisotopic (exact) mass is 426 g/mol. The SMILES string of the molecule is Cc1c(C)c(Cc2c(Cl)c(C)c(N)c(C(C)C)c2Cl)c(Cl)c(C(C)C)c1N. The van der Waals surface area contributed by atoms with E-state index in [1.165, 1.54) is 0 Å². The minimum Gasteiger partial charge on any atom is -0.398 e.